The summed E-state index contributed by atoms with van der Waals surface area (Å²) in [6.45, 7) is 13.3. The van der Waals surface area contributed by atoms with E-state index in [1.54, 1.807) is 11.8 Å². The molecule has 1 aliphatic heterocycles. The van der Waals surface area contributed by atoms with Crippen molar-refractivity contribution in [2.24, 2.45) is 0 Å². The van der Waals surface area contributed by atoms with E-state index in [0.717, 1.165) is 10.6 Å². The highest BCUT2D eigenvalue weighted by molar-refractivity contribution is 7.99. The van der Waals surface area contributed by atoms with E-state index in [0.29, 0.717) is 12.0 Å². The first-order valence-corrected chi connectivity index (χ1v) is 13.5. The number of carboxylic acids is 2. The van der Waals surface area contributed by atoms with Gasteiger partial charge in [-0.15, -0.1) is 0 Å². The van der Waals surface area contributed by atoms with Crippen molar-refractivity contribution in [3.8, 4) is 5.75 Å². The van der Waals surface area contributed by atoms with Crippen LogP contribution in [-0.4, -0.2) is 56.8 Å². The van der Waals surface area contributed by atoms with Crippen LogP contribution in [0, 0.1) is 0 Å². The zero-order chi connectivity index (χ0) is 27.2. The van der Waals surface area contributed by atoms with Gasteiger partial charge in [0.2, 0.25) is 0 Å². The molecular formula is C29H38N2O5S. The van der Waals surface area contributed by atoms with E-state index in [9.17, 15) is 9.59 Å². The zero-order valence-corrected chi connectivity index (χ0v) is 23.1. The normalized spacial score (nSPS) is 14.9. The number of H-pyrrole nitrogens is 1. The highest BCUT2D eigenvalue weighted by Gasteiger charge is 2.24. The Morgan fingerprint density at radius 3 is 2.30 bits per heavy atom. The Morgan fingerprint density at radius 2 is 1.73 bits per heavy atom. The first-order valence-electron chi connectivity index (χ1n) is 12.7. The molecule has 0 unspecified atom stereocenters. The topological polar surface area (TPSA) is 103 Å². The number of nitrogens with one attached hydrogen (secondary N) is 1. The third kappa shape index (κ3) is 8.54. The van der Waals surface area contributed by atoms with E-state index >= 15 is 0 Å². The summed E-state index contributed by atoms with van der Waals surface area (Å²) in [7, 11) is 0. The summed E-state index contributed by atoms with van der Waals surface area (Å²) in [6, 6.07) is 15.8. The maximum absolute atomic E-state index is 9.43. The SMILES string of the molecule is CC(C)N1CCC(c2c[nH]c3ccc(Sc4ccccc4OC(C)(C)C)cc23)CC1.O=C(O)CC(=O)O. The van der Waals surface area contributed by atoms with Crippen LogP contribution >= 0.6 is 11.8 Å². The maximum Gasteiger partial charge on any atom is 0.314 e. The van der Waals surface area contributed by atoms with Crippen molar-refractivity contribution in [1.82, 2.24) is 9.88 Å². The van der Waals surface area contributed by atoms with Gasteiger partial charge in [0.25, 0.3) is 0 Å². The van der Waals surface area contributed by atoms with Gasteiger partial charge in [0, 0.05) is 28.0 Å². The summed E-state index contributed by atoms with van der Waals surface area (Å²) in [5.41, 5.74) is 2.51. The van der Waals surface area contributed by atoms with Gasteiger partial charge in [-0.2, -0.15) is 0 Å². The lowest BCUT2D eigenvalue weighted by Crippen LogP contribution is -2.37. The monoisotopic (exact) mass is 526 g/mol. The summed E-state index contributed by atoms with van der Waals surface area (Å²) in [5, 5.41) is 16.8. The summed E-state index contributed by atoms with van der Waals surface area (Å²) in [6.07, 6.45) is 3.92. The minimum atomic E-state index is -1.31. The number of aromatic amines is 1. The lowest BCUT2D eigenvalue weighted by Gasteiger charge is -2.34. The van der Waals surface area contributed by atoms with E-state index < -0.39 is 18.4 Å². The van der Waals surface area contributed by atoms with E-state index in [4.69, 9.17) is 14.9 Å². The molecule has 7 nitrogen and oxygen atoms in total. The molecule has 3 aromatic rings. The highest BCUT2D eigenvalue weighted by atomic mass is 32.2. The van der Waals surface area contributed by atoms with E-state index in [1.165, 1.54) is 47.3 Å². The number of carboxylic acid groups (broad SMARTS) is 2. The van der Waals surface area contributed by atoms with Gasteiger partial charge in [-0.05, 0) is 102 Å². The van der Waals surface area contributed by atoms with Crippen molar-refractivity contribution in [3.05, 3.63) is 54.2 Å². The van der Waals surface area contributed by atoms with Gasteiger partial charge >= 0.3 is 11.9 Å². The molecule has 0 aliphatic carbocycles. The molecule has 1 saturated heterocycles. The third-order valence-electron chi connectivity index (χ3n) is 6.18. The Kier molecular flexibility index (Phi) is 9.68. The zero-order valence-electron chi connectivity index (χ0n) is 22.3. The van der Waals surface area contributed by atoms with Crippen LogP contribution in [-0.2, 0) is 9.59 Å². The number of likely N-dealkylation sites (tertiary alicyclic amines) is 1. The number of para-hydroxylation sites is 1. The van der Waals surface area contributed by atoms with Gasteiger partial charge < -0.3 is 24.8 Å². The van der Waals surface area contributed by atoms with Crippen molar-refractivity contribution in [3.63, 3.8) is 0 Å². The predicted molar refractivity (Wildman–Crippen MR) is 148 cm³/mol. The molecule has 200 valence electrons. The fourth-order valence-electron chi connectivity index (χ4n) is 4.45. The predicted octanol–water partition coefficient (Wildman–Crippen LogP) is 6.63. The largest absolute Gasteiger partial charge is 0.487 e. The smallest absolute Gasteiger partial charge is 0.314 e. The number of aromatic nitrogens is 1. The van der Waals surface area contributed by atoms with Crippen LogP contribution < -0.4 is 4.74 Å². The second-order valence-electron chi connectivity index (χ2n) is 10.6. The molecule has 8 heteroatoms. The standard InChI is InChI=1S/C26H34N2OS.C3H4O4/c1-18(2)28-14-12-19(13-15-28)22-17-27-23-11-10-20(16-21(22)23)30-25-9-7-6-8-24(25)29-26(3,4)5;4-2(5)1-3(6)7/h6-11,16-19,27H,12-15H2,1-5H3;1H2,(H,4,5)(H,6,7). The summed E-state index contributed by atoms with van der Waals surface area (Å²) < 4.78 is 6.19. The second kappa shape index (κ2) is 12.5. The number of carbonyl (C=O) groups is 2. The first-order chi connectivity index (χ1) is 17.4. The molecule has 0 atom stereocenters. The molecule has 37 heavy (non-hydrogen) atoms. The van der Waals surface area contributed by atoms with E-state index in [1.807, 2.05) is 6.07 Å². The van der Waals surface area contributed by atoms with E-state index in [2.05, 4.69) is 87.1 Å². The molecule has 2 aromatic carbocycles. The number of piperidine rings is 1. The van der Waals surface area contributed by atoms with Crippen LogP contribution in [0.2, 0.25) is 0 Å². The molecule has 0 bridgehead atoms. The van der Waals surface area contributed by atoms with Crippen molar-refractivity contribution in [2.45, 2.75) is 81.2 Å². The average Bonchev–Trinajstić information content (AvgIpc) is 3.22. The Bertz CT molecular complexity index is 1190. The highest BCUT2D eigenvalue weighted by Crippen LogP contribution is 2.39. The van der Waals surface area contributed by atoms with Crippen molar-refractivity contribution in [1.29, 1.82) is 0 Å². The number of aliphatic carboxylic acids is 2. The van der Waals surface area contributed by atoms with Crippen LogP contribution in [0.25, 0.3) is 10.9 Å². The van der Waals surface area contributed by atoms with Gasteiger partial charge in [0.15, 0.2) is 0 Å². The Balaban J connectivity index is 0.000000479. The number of rotatable bonds is 7. The Morgan fingerprint density at radius 1 is 1.08 bits per heavy atom. The molecule has 2 heterocycles. The number of hydrogen-bond donors (Lipinski definition) is 3. The molecule has 0 spiro atoms. The summed E-state index contributed by atoms with van der Waals surface area (Å²) >= 11 is 1.79. The van der Waals surface area contributed by atoms with Gasteiger partial charge in [0.1, 0.15) is 17.8 Å². The van der Waals surface area contributed by atoms with Crippen LogP contribution in [0.15, 0.2) is 58.5 Å². The minimum absolute atomic E-state index is 0.209. The Hall–Kier alpha value is -2.97. The average molecular weight is 527 g/mol. The lowest BCUT2D eigenvalue weighted by molar-refractivity contribution is -0.147. The molecule has 0 saturated carbocycles. The first kappa shape index (κ1) is 28.6. The van der Waals surface area contributed by atoms with Gasteiger partial charge in [-0.1, -0.05) is 23.9 Å². The van der Waals surface area contributed by atoms with Crippen molar-refractivity contribution < 1.29 is 24.5 Å². The molecule has 0 amide bonds. The summed E-state index contributed by atoms with van der Waals surface area (Å²) in [4.78, 5) is 27.4. The quantitative estimate of drug-likeness (QED) is 0.297. The molecule has 4 rings (SSSR count). The van der Waals surface area contributed by atoms with Crippen molar-refractivity contribution >= 4 is 34.6 Å². The lowest BCUT2D eigenvalue weighted by atomic mass is 9.89. The van der Waals surface area contributed by atoms with Gasteiger partial charge in [-0.25, -0.2) is 0 Å². The van der Waals surface area contributed by atoms with Crippen LogP contribution in [0.3, 0.4) is 0 Å². The molecule has 3 N–H and O–H groups in total. The van der Waals surface area contributed by atoms with Gasteiger partial charge in [0.05, 0.1) is 4.90 Å². The van der Waals surface area contributed by atoms with Crippen LogP contribution in [0.1, 0.15) is 65.4 Å². The van der Waals surface area contributed by atoms with E-state index in [-0.39, 0.29) is 5.60 Å². The van der Waals surface area contributed by atoms with Gasteiger partial charge in [-0.3, -0.25) is 9.59 Å². The number of hydrogen-bond acceptors (Lipinski definition) is 5. The molecule has 1 aromatic heterocycles. The van der Waals surface area contributed by atoms with Crippen LogP contribution in [0.5, 0.6) is 5.75 Å². The molecular weight excluding hydrogens is 488 g/mol. The second-order valence-corrected chi connectivity index (χ2v) is 11.7. The molecule has 0 radical (unpaired) electrons. The van der Waals surface area contributed by atoms with Crippen LogP contribution in [0.4, 0.5) is 0 Å². The third-order valence-corrected chi connectivity index (χ3v) is 7.23. The number of benzene rings is 2. The maximum atomic E-state index is 9.43. The summed E-state index contributed by atoms with van der Waals surface area (Å²) in [5.74, 6) is -1.03. The number of nitrogens with zero attached hydrogens (tertiary/aromatic N) is 1. The fraction of sp³-hybridized carbons (Fsp3) is 0.448. The minimum Gasteiger partial charge on any atom is -0.487 e. The molecule has 1 aliphatic rings. The Labute approximate surface area is 223 Å². The number of fused-ring (bicyclic) bond motifs is 1. The molecule has 1 fully saturated rings. The van der Waals surface area contributed by atoms with Crippen molar-refractivity contribution in [2.75, 3.05) is 13.1 Å². The number of ether oxygens (including phenoxy) is 1. The fourth-order valence-corrected chi connectivity index (χ4v) is 5.38.